The number of rotatable bonds is 4. The SMILES string of the molecule is CCc1nc([C@@H]2CCCN2C[C@@H]2CCCCO2)no1. The molecule has 3 rings (SSSR count). The molecule has 2 aliphatic heterocycles. The van der Waals surface area contributed by atoms with Crippen LogP contribution in [0.2, 0.25) is 0 Å². The normalized spacial score (nSPS) is 28.9. The molecule has 0 aliphatic carbocycles. The van der Waals surface area contributed by atoms with Crippen molar-refractivity contribution in [3.05, 3.63) is 11.7 Å². The van der Waals surface area contributed by atoms with Crippen molar-refractivity contribution in [2.75, 3.05) is 19.7 Å². The van der Waals surface area contributed by atoms with E-state index in [1.807, 2.05) is 6.92 Å². The van der Waals surface area contributed by atoms with Crippen LogP contribution in [0, 0.1) is 0 Å². The first-order valence-electron chi connectivity index (χ1n) is 7.55. The molecule has 5 heteroatoms. The van der Waals surface area contributed by atoms with Crippen LogP contribution in [-0.2, 0) is 11.2 Å². The molecule has 2 saturated heterocycles. The van der Waals surface area contributed by atoms with Crippen LogP contribution in [0.4, 0.5) is 0 Å². The summed E-state index contributed by atoms with van der Waals surface area (Å²) >= 11 is 0. The van der Waals surface area contributed by atoms with Gasteiger partial charge in [-0.15, -0.1) is 0 Å². The molecule has 106 valence electrons. The number of hydrogen-bond donors (Lipinski definition) is 0. The minimum Gasteiger partial charge on any atom is -0.377 e. The highest BCUT2D eigenvalue weighted by Crippen LogP contribution is 2.31. The van der Waals surface area contributed by atoms with Gasteiger partial charge in [-0.25, -0.2) is 0 Å². The van der Waals surface area contributed by atoms with Crippen molar-refractivity contribution in [2.45, 2.75) is 57.6 Å². The molecule has 0 N–H and O–H groups in total. The van der Waals surface area contributed by atoms with Gasteiger partial charge in [0.15, 0.2) is 5.82 Å². The molecule has 3 heterocycles. The maximum Gasteiger partial charge on any atom is 0.226 e. The summed E-state index contributed by atoms with van der Waals surface area (Å²) in [6.07, 6.45) is 7.26. The zero-order valence-corrected chi connectivity index (χ0v) is 11.7. The number of likely N-dealkylation sites (tertiary alicyclic amines) is 1. The number of ether oxygens (including phenoxy) is 1. The first-order chi connectivity index (χ1) is 9.36. The van der Waals surface area contributed by atoms with Crippen LogP contribution in [0.3, 0.4) is 0 Å². The van der Waals surface area contributed by atoms with E-state index in [1.54, 1.807) is 0 Å². The van der Waals surface area contributed by atoms with Crippen molar-refractivity contribution in [1.29, 1.82) is 0 Å². The van der Waals surface area contributed by atoms with Crippen LogP contribution in [0.1, 0.15) is 56.8 Å². The van der Waals surface area contributed by atoms with Crippen molar-refractivity contribution in [2.24, 2.45) is 0 Å². The van der Waals surface area contributed by atoms with Gasteiger partial charge in [-0.3, -0.25) is 4.90 Å². The zero-order valence-electron chi connectivity index (χ0n) is 11.7. The summed E-state index contributed by atoms with van der Waals surface area (Å²) in [7, 11) is 0. The van der Waals surface area contributed by atoms with Gasteiger partial charge in [0.05, 0.1) is 12.1 Å². The van der Waals surface area contributed by atoms with Gasteiger partial charge in [-0.2, -0.15) is 4.98 Å². The van der Waals surface area contributed by atoms with E-state index in [1.165, 1.54) is 25.7 Å². The van der Waals surface area contributed by atoms with E-state index >= 15 is 0 Å². The Hall–Kier alpha value is -0.940. The second-order valence-electron chi connectivity index (χ2n) is 5.54. The molecule has 0 amide bonds. The molecule has 0 aromatic carbocycles. The van der Waals surface area contributed by atoms with Crippen LogP contribution < -0.4 is 0 Å². The van der Waals surface area contributed by atoms with Gasteiger partial charge in [0.25, 0.3) is 0 Å². The molecule has 2 fully saturated rings. The van der Waals surface area contributed by atoms with Gasteiger partial charge >= 0.3 is 0 Å². The molecule has 2 atom stereocenters. The van der Waals surface area contributed by atoms with Crippen molar-refractivity contribution < 1.29 is 9.26 Å². The second-order valence-corrected chi connectivity index (χ2v) is 5.54. The fraction of sp³-hybridized carbons (Fsp3) is 0.857. The van der Waals surface area contributed by atoms with E-state index in [4.69, 9.17) is 9.26 Å². The average Bonchev–Trinajstić information content (AvgIpc) is 3.08. The second kappa shape index (κ2) is 6.01. The van der Waals surface area contributed by atoms with Crippen LogP contribution in [0.5, 0.6) is 0 Å². The van der Waals surface area contributed by atoms with E-state index in [0.717, 1.165) is 44.3 Å². The number of nitrogens with zero attached hydrogens (tertiary/aromatic N) is 3. The molecule has 19 heavy (non-hydrogen) atoms. The maximum atomic E-state index is 5.84. The molecule has 0 spiro atoms. The predicted octanol–water partition coefficient (Wildman–Crippen LogP) is 2.34. The van der Waals surface area contributed by atoms with Crippen molar-refractivity contribution in [3.63, 3.8) is 0 Å². The molecule has 1 aromatic rings. The summed E-state index contributed by atoms with van der Waals surface area (Å²) in [5.41, 5.74) is 0. The first-order valence-corrected chi connectivity index (χ1v) is 7.55. The van der Waals surface area contributed by atoms with Gasteiger partial charge in [0, 0.05) is 19.6 Å². The maximum absolute atomic E-state index is 5.84. The summed E-state index contributed by atoms with van der Waals surface area (Å²) in [6, 6.07) is 0.328. The summed E-state index contributed by atoms with van der Waals surface area (Å²) < 4.78 is 11.1. The minimum atomic E-state index is 0.328. The van der Waals surface area contributed by atoms with E-state index < -0.39 is 0 Å². The van der Waals surface area contributed by atoms with Gasteiger partial charge < -0.3 is 9.26 Å². The fourth-order valence-electron chi connectivity index (χ4n) is 3.10. The highest BCUT2D eigenvalue weighted by molar-refractivity contribution is 4.98. The standard InChI is InChI=1S/C14H23N3O2/c1-2-13-15-14(16-19-13)12-7-5-8-17(12)10-11-6-3-4-9-18-11/h11-12H,2-10H2,1H3/t11-,12-/m0/s1. The zero-order chi connectivity index (χ0) is 13.1. The summed E-state index contributed by atoms with van der Waals surface area (Å²) in [5.74, 6) is 1.61. The lowest BCUT2D eigenvalue weighted by Crippen LogP contribution is -2.35. The highest BCUT2D eigenvalue weighted by Gasteiger charge is 2.32. The lowest BCUT2D eigenvalue weighted by molar-refractivity contribution is -0.00870. The van der Waals surface area contributed by atoms with E-state index in [9.17, 15) is 0 Å². The Morgan fingerprint density at radius 2 is 2.21 bits per heavy atom. The summed E-state index contributed by atoms with van der Waals surface area (Å²) in [6.45, 7) is 5.10. The van der Waals surface area contributed by atoms with E-state index in [2.05, 4.69) is 15.0 Å². The number of aromatic nitrogens is 2. The Bertz CT molecular complexity index is 401. The molecule has 0 saturated carbocycles. The predicted molar refractivity (Wildman–Crippen MR) is 70.8 cm³/mol. The Kier molecular flexibility index (Phi) is 4.13. The van der Waals surface area contributed by atoms with E-state index in [-0.39, 0.29) is 0 Å². The third kappa shape index (κ3) is 2.98. The summed E-state index contributed by atoms with van der Waals surface area (Å²) in [4.78, 5) is 6.97. The van der Waals surface area contributed by atoms with Gasteiger partial charge in [0.2, 0.25) is 5.89 Å². The third-order valence-corrected chi connectivity index (χ3v) is 4.16. The molecule has 0 bridgehead atoms. The molecule has 2 aliphatic rings. The Morgan fingerprint density at radius 3 is 2.95 bits per heavy atom. The van der Waals surface area contributed by atoms with Crippen molar-refractivity contribution in [3.8, 4) is 0 Å². The average molecular weight is 265 g/mol. The molecular formula is C14H23N3O2. The van der Waals surface area contributed by atoms with Crippen molar-refractivity contribution in [1.82, 2.24) is 15.0 Å². The minimum absolute atomic E-state index is 0.328. The van der Waals surface area contributed by atoms with Crippen LogP contribution in [0.25, 0.3) is 0 Å². The first kappa shape index (κ1) is 13.1. The van der Waals surface area contributed by atoms with Gasteiger partial charge in [0.1, 0.15) is 0 Å². The van der Waals surface area contributed by atoms with Crippen LogP contribution >= 0.6 is 0 Å². The lowest BCUT2D eigenvalue weighted by Gasteiger charge is -2.29. The molecule has 0 radical (unpaired) electrons. The van der Waals surface area contributed by atoms with Crippen LogP contribution in [-0.4, -0.2) is 40.8 Å². The highest BCUT2D eigenvalue weighted by atomic mass is 16.5. The van der Waals surface area contributed by atoms with E-state index in [0.29, 0.717) is 12.1 Å². The number of aryl methyl sites for hydroxylation is 1. The van der Waals surface area contributed by atoms with Crippen molar-refractivity contribution >= 4 is 0 Å². The molecule has 1 aromatic heterocycles. The van der Waals surface area contributed by atoms with Crippen LogP contribution in [0.15, 0.2) is 4.52 Å². The topological polar surface area (TPSA) is 51.4 Å². The fourth-order valence-corrected chi connectivity index (χ4v) is 3.10. The largest absolute Gasteiger partial charge is 0.377 e. The summed E-state index contributed by atoms with van der Waals surface area (Å²) in [5, 5.41) is 4.14. The Balaban J connectivity index is 1.63. The Labute approximate surface area is 114 Å². The smallest absolute Gasteiger partial charge is 0.226 e. The molecule has 5 nitrogen and oxygen atoms in total. The third-order valence-electron chi connectivity index (χ3n) is 4.16. The van der Waals surface area contributed by atoms with Gasteiger partial charge in [-0.05, 0) is 38.6 Å². The Morgan fingerprint density at radius 1 is 1.26 bits per heavy atom. The lowest BCUT2D eigenvalue weighted by atomic mass is 10.1. The number of hydrogen-bond acceptors (Lipinski definition) is 5. The molecular weight excluding hydrogens is 242 g/mol. The quantitative estimate of drug-likeness (QED) is 0.836. The molecule has 0 unspecified atom stereocenters. The monoisotopic (exact) mass is 265 g/mol. The van der Waals surface area contributed by atoms with Gasteiger partial charge in [-0.1, -0.05) is 12.1 Å².